The van der Waals surface area contributed by atoms with Crippen LogP contribution in [0.15, 0.2) is 36.7 Å². The van der Waals surface area contributed by atoms with Gasteiger partial charge < -0.3 is 21.1 Å². The molecule has 220 valence electrons. The van der Waals surface area contributed by atoms with E-state index in [4.69, 9.17) is 0 Å². The van der Waals surface area contributed by atoms with E-state index in [1.165, 1.54) is 26.2 Å². The van der Waals surface area contributed by atoms with Gasteiger partial charge in [-0.25, -0.2) is 17.7 Å². The largest absolute Gasteiger partial charge is 0.387 e. The number of aliphatic hydroxyl groups is 1. The lowest BCUT2D eigenvalue weighted by Crippen LogP contribution is -2.73. The van der Waals surface area contributed by atoms with E-state index in [1.54, 1.807) is 28.8 Å². The van der Waals surface area contributed by atoms with Gasteiger partial charge in [-0.1, -0.05) is 0 Å². The van der Waals surface area contributed by atoms with E-state index in [9.17, 15) is 33.1 Å². The number of carbonyl (C=O) groups is 2. The molecule has 2 amide bonds. The van der Waals surface area contributed by atoms with E-state index < -0.39 is 48.4 Å². The molecule has 0 aromatic carbocycles. The highest BCUT2D eigenvalue weighted by molar-refractivity contribution is 6.00. The van der Waals surface area contributed by atoms with Crippen molar-refractivity contribution in [1.82, 2.24) is 25.2 Å². The third kappa shape index (κ3) is 4.93. The fourth-order valence-corrected chi connectivity index (χ4v) is 6.16. The van der Waals surface area contributed by atoms with Gasteiger partial charge in [-0.15, -0.1) is 0 Å². The Morgan fingerprint density at radius 1 is 1.21 bits per heavy atom. The first-order valence-corrected chi connectivity index (χ1v) is 13.7. The van der Waals surface area contributed by atoms with Crippen LogP contribution in [0.1, 0.15) is 55.5 Å². The van der Waals surface area contributed by atoms with Gasteiger partial charge in [0.2, 0.25) is 5.91 Å². The number of halogens is 3. The first-order chi connectivity index (χ1) is 19.7. The van der Waals surface area contributed by atoms with Crippen LogP contribution in [0.4, 0.5) is 18.9 Å². The van der Waals surface area contributed by atoms with E-state index in [-0.39, 0.29) is 16.5 Å². The molecule has 2 bridgehead atoms. The van der Waals surface area contributed by atoms with Gasteiger partial charge in [0.05, 0.1) is 52.1 Å². The fourth-order valence-electron chi connectivity index (χ4n) is 6.16. The van der Waals surface area contributed by atoms with Crippen LogP contribution in [0.2, 0.25) is 0 Å². The Bertz CT molecular complexity index is 1620. The summed E-state index contributed by atoms with van der Waals surface area (Å²) in [6.07, 6.45) is 2.78. The summed E-state index contributed by atoms with van der Waals surface area (Å²) in [7, 11) is 0. The molecule has 1 unspecified atom stereocenters. The van der Waals surface area contributed by atoms with Crippen LogP contribution in [0.5, 0.6) is 0 Å². The molecule has 4 aliphatic carbocycles. The van der Waals surface area contributed by atoms with Gasteiger partial charge in [0.25, 0.3) is 11.8 Å². The van der Waals surface area contributed by atoms with Gasteiger partial charge in [0, 0.05) is 24.7 Å². The monoisotopic (exact) mass is 581 g/mol. The molecule has 0 spiro atoms. The molecule has 0 aliphatic heterocycles. The lowest BCUT2D eigenvalue weighted by Gasteiger charge is -2.71. The quantitative estimate of drug-likeness (QED) is 0.288. The molecule has 2 atom stereocenters. The summed E-state index contributed by atoms with van der Waals surface area (Å²) in [4.78, 5) is 29.7. The van der Waals surface area contributed by atoms with Gasteiger partial charge in [0.15, 0.2) is 0 Å². The molecule has 0 saturated heterocycles. The van der Waals surface area contributed by atoms with Gasteiger partial charge in [-0.05, 0) is 62.8 Å². The molecule has 3 aromatic rings. The average Bonchev–Trinajstić information content (AvgIpc) is 3.34. The molecule has 4 N–H and O–H groups in total. The fraction of sp³-hybridized carbons (Fsp3) is 0.483. The Morgan fingerprint density at radius 3 is 2.57 bits per heavy atom. The first kappa shape index (κ1) is 28.0. The molecule has 3 aromatic heterocycles. The second-order valence-corrected chi connectivity index (χ2v) is 12.5. The van der Waals surface area contributed by atoms with Crippen molar-refractivity contribution >= 4 is 23.0 Å². The van der Waals surface area contributed by atoms with Gasteiger partial charge in [-0.2, -0.15) is 10.4 Å². The maximum atomic E-state index is 14.4. The van der Waals surface area contributed by atoms with Crippen molar-refractivity contribution < 1.29 is 27.9 Å². The van der Waals surface area contributed by atoms with Crippen molar-refractivity contribution in [3.63, 3.8) is 0 Å². The number of pyridine rings is 1. The molecular weight excluding hydrogens is 551 g/mol. The number of amides is 2. The summed E-state index contributed by atoms with van der Waals surface area (Å²) < 4.78 is 42.4. The molecule has 42 heavy (non-hydrogen) atoms. The van der Waals surface area contributed by atoms with E-state index in [1.807, 2.05) is 0 Å². The van der Waals surface area contributed by atoms with Gasteiger partial charge >= 0.3 is 0 Å². The molecule has 0 radical (unpaired) electrons. The highest BCUT2D eigenvalue weighted by Crippen LogP contribution is 2.68. The number of aromatic nitrogens is 3. The van der Waals surface area contributed by atoms with Crippen LogP contribution >= 0.6 is 0 Å². The number of nitrogens with zero attached hydrogens (tertiary/aromatic N) is 4. The maximum absolute atomic E-state index is 14.4. The average molecular weight is 582 g/mol. The Balaban J connectivity index is 1.21. The zero-order valence-electron chi connectivity index (χ0n) is 23.0. The predicted molar refractivity (Wildman–Crippen MR) is 145 cm³/mol. The molecular formula is C29H30F3N7O3. The second kappa shape index (κ2) is 9.42. The summed E-state index contributed by atoms with van der Waals surface area (Å²) >= 11 is 0. The Hall–Kier alpha value is -4.18. The highest BCUT2D eigenvalue weighted by atomic mass is 19.3. The van der Waals surface area contributed by atoms with Crippen molar-refractivity contribution in [2.45, 2.75) is 62.8 Å². The smallest absolute Gasteiger partial charge is 0.260 e. The molecule has 13 heteroatoms. The number of rotatable bonds is 10. The SMILES string of the molecule is CC(C)(O)[C@H](F)CNC(=O)c1cnc(-c2ccc3cc(C#N)cnn23)cc1NC12CC(CNC(=O)C3CC3(F)F)(C1)C2. The number of alkyl halides is 3. The lowest BCUT2D eigenvalue weighted by molar-refractivity contribution is -0.135. The number of hydrogen-bond donors (Lipinski definition) is 4. The minimum absolute atomic E-state index is 0.181. The lowest BCUT2D eigenvalue weighted by atomic mass is 9.39. The standard InChI is InChI=1S/C29H30F3N7O3/c1-26(2,42)23(30)11-35-24(40)18-10-34-21(22-4-3-17-5-16(8-33)9-37-39(17)22)6-20(18)38-28-12-27(13-28,14-28)15-36-25(41)19-7-29(19,31)32/h3-6,9-10,19,23,42H,7,11-15H2,1-2H3,(H,34,38)(H,35,40)(H,36,41)/t19?,23-,27?,28?/m1/s1. The summed E-state index contributed by atoms with van der Waals surface area (Å²) in [6, 6.07) is 9.06. The Kier molecular flexibility index (Phi) is 6.27. The van der Waals surface area contributed by atoms with Crippen LogP contribution in [0.3, 0.4) is 0 Å². The molecule has 7 rings (SSSR count). The second-order valence-electron chi connectivity index (χ2n) is 12.5. The van der Waals surface area contributed by atoms with Gasteiger partial charge in [-0.3, -0.25) is 14.6 Å². The summed E-state index contributed by atoms with van der Waals surface area (Å²) in [5.74, 6) is -5.33. The number of fused-ring (bicyclic) bond motifs is 1. The van der Waals surface area contributed by atoms with Crippen molar-refractivity contribution in [2.75, 3.05) is 18.4 Å². The van der Waals surface area contributed by atoms with E-state index in [0.29, 0.717) is 54.0 Å². The molecule has 4 aliphatic rings. The van der Waals surface area contributed by atoms with E-state index >= 15 is 0 Å². The van der Waals surface area contributed by atoms with Crippen LogP contribution < -0.4 is 16.0 Å². The minimum atomic E-state index is -2.91. The highest BCUT2D eigenvalue weighted by Gasteiger charge is 2.68. The summed E-state index contributed by atoms with van der Waals surface area (Å²) in [6.45, 7) is 2.56. The third-order valence-electron chi connectivity index (χ3n) is 8.57. The molecule has 4 saturated carbocycles. The van der Waals surface area contributed by atoms with Gasteiger partial charge in [0.1, 0.15) is 18.2 Å². The van der Waals surface area contributed by atoms with Crippen molar-refractivity contribution in [3.05, 3.63) is 47.8 Å². The third-order valence-corrected chi connectivity index (χ3v) is 8.57. The van der Waals surface area contributed by atoms with Crippen LogP contribution in [-0.2, 0) is 4.79 Å². The van der Waals surface area contributed by atoms with Crippen LogP contribution in [0.25, 0.3) is 16.9 Å². The summed E-state index contributed by atoms with van der Waals surface area (Å²) in [5, 5.41) is 32.1. The van der Waals surface area contributed by atoms with Crippen molar-refractivity contribution in [1.29, 1.82) is 5.26 Å². The zero-order valence-corrected chi connectivity index (χ0v) is 23.0. The number of nitriles is 1. The predicted octanol–water partition coefficient (Wildman–Crippen LogP) is 3.21. The van der Waals surface area contributed by atoms with Crippen LogP contribution in [-0.4, -0.2) is 67.8 Å². The Labute approximate surface area is 239 Å². The number of carbonyl (C=O) groups excluding carboxylic acids is 2. The minimum Gasteiger partial charge on any atom is -0.387 e. The topological polar surface area (TPSA) is 144 Å². The molecule has 10 nitrogen and oxygen atoms in total. The zero-order chi connectivity index (χ0) is 30.1. The molecule has 3 heterocycles. The molecule has 4 fully saturated rings. The van der Waals surface area contributed by atoms with Crippen molar-refractivity contribution in [2.24, 2.45) is 11.3 Å². The number of anilines is 1. The van der Waals surface area contributed by atoms with Crippen molar-refractivity contribution in [3.8, 4) is 17.5 Å². The normalized spacial score (nSPS) is 25.9. The maximum Gasteiger partial charge on any atom is 0.260 e. The first-order valence-electron chi connectivity index (χ1n) is 13.7. The summed E-state index contributed by atoms with van der Waals surface area (Å²) in [5.41, 5.74) is 0.726. The van der Waals surface area contributed by atoms with E-state index in [0.717, 1.165) is 0 Å². The Morgan fingerprint density at radius 2 is 1.93 bits per heavy atom. The van der Waals surface area contributed by atoms with E-state index in [2.05, 4.69) is 32.1 Å². The number of nitrogens with one attached hydrogen (secondary N) is 3. The van der Waals surface area contributed by atoms with Crippen LogP contribution in [0, 0.1) is 22.7 Å². The number of hydrogen-bond acceptors (Lipinski definition) is 7.